The Bertz CT molecular complexity index is 767. The van der Waals surface area contributed by atoms with Gasteiger partial charge in [-0.2, -0.15) is 0 Å². The summed E-state index contributed by atoms with van der Waals surface area (Å²) < 4.78 is 0. The summed E-state index contributed by atoms with van der Waals surface area (Å²) in [5.74, 6) is 1.07. The number of benzene rings is 2. The molecule has 5 heteroatoms. The number of hydrogen-bond acceptors (Lipinski definition) is 4. The molecule has 4 rings (SSSR count). The summed E-state index contributed by atoms with van der Waals surface area (Å²) in [7, 11) is 2.17. The molecule has 23 heavy (non-hydrogen) atoms. The van der Waals surface area contributed by atoms with Crippen LogP contribution in [0.4, 0.5) is 5.69 Å². The molecular weight excluding hydrogens is 326 g/mol. The van der Waals surface area contributed by atoms with E-state index in [2.05, 4.69) is 47.2 Å². The summed E-state index contributed by atoms with van der Waals surface area (Å²) >= 11 is 7.97. The quantitative estimate of drug-likeness (QED) is 0.716. The maximum Gasteiger partial charge on any atom is 0.137 e. The molecule has 0 bridgehead atoms. The summed E-state index contributed by atoms with van der Waals surface area (Å²) in [5, 5.41) is 0.733. The van der Waals surface area contributed by atoms with Gasteiger partial charge in [-0.25, -0.2) is 4.99 Å². The normalized spacial score (nSPS) is 18.0. The number of amidine groups is 1. The van der Waals surface area contributed by atoms with Gasteiger partial charge in [0.15, 0.2) is 0 Å². The zero-order valence-electron chi connectivity index (χ0n) is 13.0. The van der Waals surface area contributed by atoms with E-state index in [-0.39, 0.29) is 0 Å². The van der Waals surface area contributed by atoms with E-state index in [1.807, 2.05) is 12.1 Å². The standard InChI is InChI=1S/C18H18ClN3S/c1-21-8-10-22(11-9-21)18-14-4-2-3-5-16(14)23-17-7-6-13(19)12-15(17)20-18/h2-7,12H,8-11H2,1H3. The third kappa shape index (κ3) is 2.99. The van der Waals surface area contributed by atoms with Gasteiger partial charge in [-0.15, -0.1) is 0 Å². The highest BCUT2D eigenvalue weighted by atomic mass is 35.5. The van der Waals surface area contributed by atoms with Crippen LogP contribution >= 0.6 is 23.4 Å². The Morgan fingerprint density at radius 1 is 1.00 bits per heavy atom. The van der Waals surface area contributed by atoms with Crippen LogP contribution in [0.1, 0.15) is 5.56 Å². The van der Waals surface area contributed by atoms with Crippen molar-refractivity contribution in [2.45, 2.75) is 9.79 Å². The number of hydrogen-bond donors (Lipinski definition) is 0. The highest BCUT2D eigenvalue weighted by Crippen LogP contribution is 2.41. The number of likely N-dealkylation sites (N-methyl/N-ethyl adjacent to an activating group) is 1. The first-order chi connectivity index (χ1) is 11.2. The number of halogens is 1. The van der Waals surface area contributed by atoms with Crippen LogP contribution in [0, 0.1) is 0 Å². The van der Waals surface area contributed by atoms with Crippen LogP contribution in [0.5, 0.6) is 0 Å². The van der Waals surface area contributed by atoms with Crippen molar-refractivity contribution < 1.29 is 0 Å². The van der Waals surface area contributed by atoms with Crippen molar-refractivity contribution in [3.05, 3.63) is 53.1 Å². The smallest absolute Gasteiger partial charge is 0.137 e. The van der Waals surface area contributed by atoms with Crippen LogP contribution in [-0.2, 0) is 0 Å². The van der Waals surface area contributed by atoms with Crippen LogP contribution in [0.15, 0.2) is 57.2 Å². The first kappa shape index (κ1) is 15.1. The molecule has 2 aromatic carbocycles. The number of rotatable bonds is 0. The van der Waals surface area contributed by atoms with Gasteiger partial charge in [-0.05, 0) is 31.3 Å². The van der Waals surface area contributed by atoms with Crippen LogP contribution in [0.25, 0.3) is 0 Å². The van der Waals surface area contributed by atoms with Gasteiger partial charge in [0.1, 0.15) is 5.84 Å². The Kier molecular flexibility index (Phi) is 4.05. The number of nitrogens with zero attached hydrogens (tertiary/aromatic N) is 3. The summed E-state index contributed by atoms with van der Waals surface area (Å²) in [6, 6.07) is 14.5. The van der Waals surface area contributed by atoms with E-state index in [4.69, 9.17) is 16.6 Å². The minimum atomic E-state index is 0.733. The molecule has 0 amide bonds. The number of fused-ring (bicyclic) bond motifs is 2. The van der Waals surface area contributed by atoms with E-state index in [0.29, 0.717) is 0 Å². The lowest BCUT2D eigenvalue weighted by molar-refractivity contribution is 0.215. The van der Waals surface area contributed by atoms with Crippen LogP contribution < -0.4 is 0 Å². The predicted octanol–water partition coefficient (Wildman–Crippen LogP) is 4.13. The molecule has 0 atom stereocenters. The van der Waals surface area contributed by atoms with Gasteiger partial charge in [-0.1, -0.05) is 41.6 Å². The maximum atomic E-state index is 6.20. The van der Waals surface area contributed by atoms with Gasteiger partial charge in [-0.3, -0.25) is 0 Å². The first-order valence-corrected chi connectivity index (χ1v) is 8.99. The molecule has 1 saturated heterocycles. The zero-order chi connectivity index (χ0) is 15.8. The van der Waals surface area contributed by atoms with E-state index in [9.17, 15) is 0 Å². The van der Waals surface area contributed by atoms with Crippen molar-refractivity contribution in [3.8, 4) is 0 Å². The predicted molar refractivity (Wildman–Crippen MR) is 97.3 cm³/mol. The fourth-order valence-corrected chi connectivity index (χ4v) is 4.12. The highest BCUT2D eigenvalue weighted by Gasteiger charge is 2.24. The molecule has 0 unspecified atom stereocenters. The van der Waals surface area contributed by atoms with Crippen molar-refractivity contribution in [2.24, 2.45) is 4.99 Å². The highest BCUT2D eigenvalue weighted by molar-refractivity contribution is 7.99. The molecule has 0 N–H and O–H groups in total. The van der Waals surface area contributed by atoms with Gasteiger partial charge in [0, 0.05) is 46.6 Å². The monoisotopic (exact) mass is 343 g/mol. The third-order valence-electron chi connectivity index (χ3n) is 4.30. The Balaban J connectivity index is 1.83. The van der Waals surface area contributed by atoms with E-state index in [0.717, 1.165) is 47.6 Å². The summed E-state index contributed by atoms with van der Waals surface area (Å²) in [4.78, 5) is 12.2. The fraction of sp³-hybridized carbons (Fsp3) is 0.278. The molecule has 0 spiro atoms. The Morgan fingerprint density at radius 2 is 1.78 bits per heavy atom. The summed E-state index contributed by atoms with van der Waals surface area (Å²) in [5.41, 5.74) is 2.18. The second-order valence-electron chi connectivity index (χ2n) is 5.94. The second-order valence-corrected chi connectivity index (χ2v) is 7.46. The van der Waals surface area contributed by atoms with E-state index in [1.165, 1.54) is 10.5 Å². The first-order valence-electron chi connectivity index (χ1n) is 7.80. The average Bonchev–Trinajstić information content (AvgIpc) is 2.72. The second kappa shape index (κ2) is 6.19. The van der Waals surface area contributed by atoms with Gasteiger partial charge in [0.05, 0.1) is 5.69 Å². The lowest BCUT2D eigenvalue weighted by Gasteiger charge is -2.34. The van der Waals surface area contributed by atoms with E-state index < -0.39 is 0 Å². The molecule has 2 heterocycles. The maximum absolute atomic E-state index is 6.20. The van der Waals surface area contributed by atoms with Crippen molar-refractivity contribution in [3.63, 3.8) is 0 Å². The molecule has 0 aliphatic carbocycles. The summed E-state index contributed by atoms with van der Waals surface area (Å²) in [6.07, 6.45) is 0. The van der Waals surface area contributed by atoms with Gasteiger partial charge in [0.2, 0.25) is 0 Å². The minimum Gasteiger partial charge on any atom is -0.354 e. The molecule has 1 fully saturated rings. The van der Waals surface area contributed by atoms with Crippen LogP contribution in [0.2, 0.25) is 5.02 Å². The van der Waals surface area contributed by atoms with E-state index >= 15 is 0 Å². The lowest BCUT2D eigenvalue weighted by atomic mass is 10.1. The number of aliphatic imine (C=N–C) groups is 1. The van der Waals surface area contributed by atoms with Crippen molar-refractivity contribution in [2.75, 3.05) is 33.2 Å². The molecular formula is C18H18ClN3S. The zero-order valence-corrected chi connectivity index (χ0v) is 14.6. The summed E-state index contributed by atoms with van der Waals surface area (Å²) in [6.45, 7) is 4.14. The van der Waals surface area contributed by atoms with Gasteiger partial charge >= 0.3 is 0 Å². The molecule has 0 radical (unpaired) electrons. The lowest BCUT2D eigenvalue weighted by Crippen LogP contribution is -2.47. The van der Waals surface area contributed by atoms with Crippen molar-refractivity contribution in [1.82, 2.24) is 9.80 Å². The van der Waals surface area contributed by atoms with Crippen molar-refractivity contribution in [1.29, 1.82) is 0 Å². The number of piperazine rings is 1. The SMILES string of the molecule is CN1CCN(C2=Nc3cc(Cl)ccc3Sc3ccccc32)CC1. The molecule has 0 aromatic heterocycles. The van der Waals surface area contributed by atoms with E-state index in [1.54, 1.807) is 11.8 Å². The molecule has 118 valence electrons. The Labute approximate surface area is 146 Å². The molecule has 2 aliphatic rings. The van der Waals surface area contributed by atoms with Gasteiger partial charge in [0.25, 0.3) is 0 Å². The van der Waals surface area contributed by atoms with Crippen molar-refractivity contribution >= 4 is 34.9 Å². The average molecular weight is 344 g/mol. The Hall–Kier alpha value is -1.49. The third-order valence-corrected chi connectivity index (χ3v) is 5.67. The Morgan fingerprint density at radius 3 is 2.61 bits per heavy atom. The largest absolute Gasteiger partial charge is 0.354 e. The fourth-order valence-electron chi connectivity index (χ4n) is 2.96. The van der Waals surface area contributed by atoms with Crippen LogP contribution in [-0.4, -0.2) is 48.9 Å². The molecule has 2 aliphatic heterocycles. The molecule has 2 aromatic rings. The van der Waals surface area contributed by atoms with Gasteiger partial charge < -0.3 is 9.80 Å². The minimum absolute atomic E-state index is 0.733. The molecule has 3 nitrogen and oxygen atoms in total. The van der Waals surface area contributed by atoms with Crippen LogP contribution in [0.3, 0.4) is 0 Å². The topological polar surface area (TPSA) is 18.8 Å². The molecule has 0 saturated carbocycles.